The molecule has 0 amide bonds. The monoisotopic (exact) mass is 316 g/mol. The fraction of sp³-hybridized carbons (Fsp3) is 0.714. The summed E-state index contributed by atoms with van der Waals surface area (Å²) in [5.41, 5.74) is 0.980. The Morgan fingerprint density at radius 3 is 2.57 bits per heavy atom. The Hall–Kier alpha value is -0.890. The van der Waals surface area contributed by atoms with Crippen LogP contribution in [0.25, 0.3) is 0 Å². The number of nitrogens with one attached hydrogen (secondary N) is 2. The van der Waals surface area contributed by atoms with Crippen molar-refractivity contribution in [1.29, 1.82) is 0 Å². The Morgan fingerprint density at radius 2 is 2.00 bits per heavy atom. The first-order valence-electron chi connectivity index (χ1n) is 7.38. The van der Waals surface area contributed by atoms with E-state index in [4.69, 9.17) is 0 Å². The van der Waals surface area contributed by atoms with Gasteiger partial charge in [-0.2, -0.15) is 0 Å². The van der Waals surface area contributed by atoms with Gasteiger partial charge in [-0.1, -0.05) is 0 Å². The van der Waals surface area contributed by atoms with Crippen molar-refractivity contribution in [3.8, 4) is 0 Å². The highest BCUT2D eigenvalue weighted by Crippen LogP contribution is 2.14. The smallest absolute Gasteiger partial charge is 0.242 e. The number of hydrogen-bond acceptors (Lipinski definition) is 4. The Bertz CT molecular complexity index is 523. The van der Waals surface area contributed by atoms with Gasteiger partial charge in [0.1, 0.15) is 0 Å². The van der Waals surface area contributed by atoms with Gasteiger partial charge in [-0.25, -0.2) is 13.1 Å². The minimum atomic E-state index is -3.40. The summed E-state index contributed by atoms with van der Waals surface area (Å²) in [4.78, 5) is 2.45. The van der Waals surface area contributed by atoms with Crippen LogP contribution >= 0.6 is 0 Å². The lowest BCUT2D eigenvalue weighted by atomic mass is 10.3. The molecule has 0 aliphatic heterocycles. The van der Waals surface area contributed by atoms with Crippen molar-refractivity contribution in [3.05, 3.63) is 18.0 Å². The van der Waals surface area contributed by atoms with E-state index < -0.39 is 10.0 Å². The van der Waals surface area contributed by atoms with Crippen molar-refractivity contribution in [3.63, 3.8) is 0 Å². The first-order chi connectivity index (χ1) is 9.90. The molecular weight excluding hydrogens is 288 g/mol. The van der Waals surface area contributed by atoms with Crippen LogP contribution in [0.5, 0.6) is 0 Å². The maximum atomic E-state index is 12.3. The highest BCUT2D eigenvalue weighted by molar-refractivity contribution is 7.89. The van der Waals surface area contributed by atoms with Gasteiger partial charge in [0.25, 0.3) is 0 Å². The predicted octanol–water partition coefficient (Wildman–Crippen LogP) is 0.848. The van der Waals surface area contributed by atoms with E-state index in [1.165, 1.54) is 0 Å². The lowest BCUT2D eigenvalue weighted by Crippen LogP contribution is -2.25. The molecule has 0 unspecified atom stereocenters. The summed E-state index contributed by atoms with van der Waals surface area (Å²) in [6.07, 6.45) is 3.53. The van der Waals surface area contributed by atoms with Crippen LogP contribution in [0.2, 0.25) is 0 Å². The molecule has 0 atom stereocenters. The van der Waals surface area contributed by atoms with Crippen LogP contribution in [0.3, 0.4) is 0 Å². The average Bonchev–Trinajstić information content (AvgIpc) is 2.82. The largest absolute Gasteiger partial charge is 0.349 e. The Labute approximate surface area is 128 Å². The first-order valence-corrected chi connectivity index (χ1v) is 8.87. The van der Waals surface area contributed by atoms with Gasteiger partial charge in [-0.05, 0) is 53.5 Å². The zero-order valence-corrected chi connectivity index (χ0v) is 14.3. The molecule has 6 nitrogen and oxygen atoms in total. The molecule has 7 heteroatoms. The second kappa shape index (κ2) is 8.53. The second-order valence-electron chi connectivity index (χ2n) is 5.39. The lowest BCUT2D eigenvalue weighted by molar-refractivity contribution is 0.394. The molecule has 0 spiro atoms. The van der Waals surface area contributed by atoms with Crippen LogP contribution in [0, 0.1) is 0 Å². The van der Waals surface area contributed by atoms with E-state index >= 15 is 0 Å². The lowest BCUT2D eigenvalue weighted by Gasteiger charge is -2.09. The van der Waals surface area contributed by atoms with Crippen molar-refractivity contribution in [2.75, 3.05) is 34.2 Å². The van der Waals surface area contributed by atoms with Crippen LogP contribution < -0.4 is 10.0 Å². The minimum absolute atomic E-state index is 0.349. The predicted molar refractivity (Wildman–Crippen MR) is 85.8 cm³/mol. The quantitative estimate of drug-likeness (QED) is 0.628. The normalized spacial score (nSPS) is 12.2. The molecule has 2 N–H and O–H groups in total. The van der Waals surface area contributed by atoms with E-state index in [1.807, 2.05) is 32.6 Å². The van der Waals surface area contributed by atoms with E-state index in [0.29, 0.717) is 18.0 Å². The van der Waals surface area contributed by atoms with Crippen LogP contribution in [0.15, 0.2) is 17.2 Å². The van der Waals surface area contributed by atoms with Gasteiger partial charge in [-0.3, -0.25) is 0 Å². The van der Waals surface area contributed by atoms with Gasteiger partial charge >= 0.3 is 0 Å². The van der Waals surface area contributed by atoms with Crippen LogP contribution in [-0.2, 0) is 23.1 Å². The Kier molecular flexibility index (Phi) is 7.37. The summed E-state index contributed by atoms with van der Waals surface area (Å²) in [5, 5.41) is 3.05. The minimum Gasteiger partial charge on any atom is -0.349 e. The van der Waals surface area contributed by atoms with Crippen molar-refractivity contribution in [1.82, 2.24) is 19.5 Å². The molecule has 1 rings (SSSR count). The molecule has 1 aromatic rings. The number of aryl methyl sites for hydroxylation is 1. The van der Waals surface area contributed by atoms with Gasteiger partial charge < -0.3 is 14.8 Å². The number of aromatic nitrogens is 1. The Balaban J connectivity index is 2.61. The third kappa shape index (κ3) is 5.78. The number of rotatable bonds is 10. The highest BCUT2D eigenvalue weighted by Gasteiger charge is 2.17. The van der Waals surface area contributed by atoms with Crippen LogP contribution in [-0.4, -0.2) is 52.1 Å². The molecule has 1 heterocycles. The number of nitrogens with zero attached hydrogens (tertiary/aromatic N) is 2. The zero-order valence-electron chi connectivity index (χ0n) is 13.5. The van der Waals surface area contributed by atoms with E-state index in [0.717, 1.165) is 31.6 Å². The molecule has 0 radical (unpaired) electrons. The first kappa shape index (κ1) is 18.2. The fourth-order valence-corrected chi connectivity index (χ4v) is 3.28. The number of sulfonamides is 1. The molecule has 0 bridgehead atoms. The van der Waals surface area contributed by atoms with E-state index in [2.05, 4.69) is 14.9 Å². The zero-order chi connectivity index (χ0) is 15.9. The summed E-state index contributed by atoms with van der Waals surface area (Å²) >= 11 is 0. The van der Waals surface area contributed by atoms with Crippen molar-refractivity contribution in [2.45, 2.75) is 37.8 Å². The topological polar surface area (TPSA) is 66.4 Å². The molecule has 122 valence electrons. The molecule has 1 aromatic heterocycles. The van der Waals surface area contributed by atoms with Crippen LogP contribution in [0.1, 0.15) is 25.5 Å². The highest BCUT2D eigenvalue weighted by atomic mass is 32.2. The average molecular weight is 316 g/mol. The molecular formula is C14H28N4O2S. The van der Waals surface area contributed by atoms with Gasteiger partial charge in [-0.15, -0.1) is 0 Å². The number of hydrogen-bond donors (Lipinski definition) is 2. The van der Waals surface area contributed by atoms with Gasteiger partial charge in [0, 0.05) is 31.5 Å². The third-order valence-corrected chi connectivity index (χ3v) is 4.72. The van der Waals surface area contributed by atoms with Gasteiger partial charge in [0.05, 0.1) is 4.90 Å². The molecule has 0 aliphatic carbocycles. The summed E-state index contributed by atoms with van der Waals surface area (Å²) in [6.45, 7) is 4.88. The third-order valence-electron chi connectivity index (χ3n) is 3.29. The standard InChI is InChI=1S/C14H28N4O2S/c1-5-18-12-14(10-13(18)11-15-2)21(19,20)16-8-6-7-9-17(3)4/h10,12,15-16H,5-9,11H2,1-4H3. The number of unbranched alkanes of at least 4 members (excludes halogenated alkanes) is 1. The summed E-state index contributed by atoms with van der Waals surface area (Å²) in [7, 11) is 2.48. The maximum Gasteiger partial charge on any atom is 0.242 e. The summed E-state index contributed by atoms with van der Waals surface area (Å²) < 4.78 is 29.2. The van der Waals surface area contributed by atoms with E-state index in [9.17, 15) is 8.42 Å². The molecule has 0 aromatic carbocycles. The van der Waals surface area contributed by atoms with E-state index in [-0.39, 0.29) is 0 Å². The second-order valence-corrected chi connectivity index (χ2v) is 7.16. The Morgan fingerprint density at radius 1 is 1.29 bits per heavy atom. The summed E-state index contributed by atoms with van der Waals surface area (Å²) in [6, 6.07) is 1.74. The van der Waals surface area contributed by atoms with E-state index in [1.54, 1.807) is 12.3 Å². The van der Waals surface area contributed by atoms with Gasteiger partial charge in [0.2, 0.25) is 10.0 Å². The molecule has 0 aliphatic rings. The SMILES string of the molecule is CCn1cc(S(=O)(=O)NCCCCN(C)C)cc1CNC. The fourth-order valence-electron chi connectivity index (χ4n) is 2.14. The van der Waals surface area contributed by atoms with Crippen molar-refractivity contribution in [2.24, 2.45) is 0 Å². The molecule has 0 saturated carbocycles. The van der Waals surface area contributed by atoms with Crippen molar-refractivity contribution < 1.29 is 8.42 Å². The van der Waals surface area contributed by atoms with Gasteiger partial charge in [0.15, 0.2) is 0 Å². The van der Waals surface area contributed by atoms with Crippen molar-refractivity contribution >= 4 is 10.0 Å². The maximum absolute atomic E-state index is 12.3. The van der Waals surface area contributed by atoms with Crippen LogP contribution in [0.4, 0.5) is 0 Å². The molecule has 0 fully saturated rings. The summed E-state index contributed by atoms with van der Waals surface area (Å²) in [5.74, 6) is 0. The molecule has 0 saturated heterocycles. The molecule has 21 heavy (non-hydrogen) atoms.